The number of fused-ring (bicyclic) bond motifs is 5. The van der Waals surface area contributed by atoms with Gasteiger partial charge in [0.25, 0.3) is 0 Å². The van der Waals surface area contributed by atoms with E-state index in [1.54, 1.807) is 0 Å². The first kappa shape index (κ1) is 21.5. The molecule has 0 spiro atoms. The second kappa shape index (κ2) is 8.51. The lowest BCUT2D eigenvalue weighted by Crippen LogP contribution is -2.38. The number of nitrogens with one attached hydrogen (secondary N) is 1. The molecule has 2 bridgehead atoms. The quantitative estimate of drug-likeness (QED) is 0.442. The molecule has 1 aliphatic heterocycles. The molecule has 9 heteroatoms. The molecule has 2 heterocycles. The van der Waals surface area contributed by atoms with E-state index < -0.39 is 6.04 Å². The Kier molecular flexibility index (Phi) is 5.71. The van der Waals surface area contributed by atoms with Gasteiger partial charge in [-0.15, -0.1) is 10.2 Å². The number of benzene rings is 1. The summed E-state index contributed by atoms with van der Waals surface area (Å²) in [6.07, 6.45) is 6.76. The standard InChI is InChI=1S/C23H23BrN4O3S/c1-2-3-18-26-27-23(32-18)25-17(29)11-16(12-6-8-15(24)9-7-12)28-21(30)19-13-4-5-14(10-13)20(19)22(28)31/h4-9,13-14,16,19-20H,2-3,10-11H2,1H3,(H,25,27,29). The van der Waals surface area contributed by atoms with Crippen molar-refractivity contribution in [3.63, 3.8) is 0 Å². The maximum absolute atomic E-state index is 13.4. The predicted molar refractivity (Wildman–Crippen MR) is 124 cm³/mol. The van der Waals surface area contributed by atoms with E-state index in [1.165, 1.54) is 16.2 Å². The van der Waals surface area contributed by atoms with E-state index in [1.807, 2.05) is 24.3 Å². The first-order valence-corrected chi connectivity index (χ1v) is 12.5. The number of likely N-dealkylation sites (tertiary alicyclic amines) is 1. The van der Waals surface area contributed by atoms with Gasteiger partial charge in [-0.2, -0.15) is 0 Å². The molecule has 3 amide bonds. The first-order chi connectivity index (χ1) is 15.5. The van der Waals surface area contributed by atoms with Crippen LogP contribution in [0.25, 0.3) is 0 Å². The lowest BCUT2D eigenvalue weighted by atomic mass is 9.85. The van der Waals surface area contributed by atoms with E-state index in [-0.39, 0.29) is 47.8 Å². The first-order valence-electron chi connectivity index (χ1n) is 10.9. The van der Waals surface area contributed by atoms with Gasteiger partial charge in [-0.3, -0.25) is 19.3 Å². The molecule has 1 aromatic heterocycles. The Balaban J connectivity index is 1.40. The van der Waals surface area contributed by atoms with E-state index in [2.05, 4.69) is 50.5 Å². The Labute approximate surface area is 198 Å². The molecule has 5 atom stereocenters. The highest BCUT2D eigenvalue weighted by molar-refractivity contribution is 9.10. The summed E-state index contributed by atoms with van der Waals surface area (Å²) in [5.74, 6) is -0.932. The number of hydrogen-bond donors (Lipinski definition) is 1. The van der Waals surface area contributed by atoms with Gasteiger partial charge in [0.1, 0.15) is 5.01 Å². The van der Waals surface area contributed by atoms with Crippen LogP contribution in [-0.4, -0.2) is 32.8 Å². The van der Waals surface area contributed by atoms with Crippen LogP contribution in [0.4, 0.5) is 5.13 Å². The number of amides is 3. The average molecular weight is 515 g/mol. The fourth-order valence-electron chi connectivity index (χ4n) is 5.24. The topological polar surface area (TPSA) is 92.3 Å². The maximum atomic E-state index is 13.4. The monoisotopic (exact) mass is 514 g/mol. The van der Waals surface area contributed by atoms with Crippen LogP contribution < -0.4 is 5.32 Å². The number of nitrogens with zero attached hydrogens (tertiary/aromatic N) is 3. The second-order valence-corrected chi connectivity index (χ2v) is 10.6. The predicted octanol–water partition coefficient (Wildman–Crippen LogP) is 4.13. The van der Waals surface area contributed by atoms with Crippen molar-refractivity contribution < 1.29 is 14.4 Å². The van der Waals surface area contributed by atoms with Crippen molar-refractivity contribution in [3.8, 4) is 0 Å². The van der Waals surface area contributed by atoms with E-state index >= 15 is 0 Å². The average Bonchev–Trinajstić information content (AvgIpc) is 3.53. The minimum Gasteiger partial charge on any atom is -0.300 e. The molecule has 3 aliphatic rings. The van der Waals surface area contributed by atoms with Gasteiger partial charge < -0.3 is 5.32 Å². The van der Waals surface area contributed by atoms with Crippen LogP contribution >= 0.6 is 27.3 Å². The molecule has 5 unspecified atom stereocenters. The summed E-state index contributed by atoms with van der Waals surface area (Å²) < 4.78 is 0.889. The number of carbonyl (C=O) groups is 3. The van der Waals surface area contributed by atoms with Crippen LogP contribution in [0.15, 0.2) is 40.9 Å². The number of carbonyl (C=O) groups excluding carboxylic acids is 3. The molecule has 166 valence electrons. The Hall–Kier alpha value is -2.39. The molecule has 2 aliphatic carbocycles. The van der Waals surface area contributed by atoms with Gasteiger partial charge in [0.05, 0.1) is 24.3 Å². The molecule has 1 aromatic carbocycles. The molecule has 1 saturated carbocycles. The Morgan fingerprint density at radius 2 is 1.81 bits per heavy atom. The van der Waals surface area contributed by atoms with Crippen molar-refractivity contribution in [2.75, 3.05) is 5.32 Å². The molecule has 5 rings (SSSR count). The summed E-state index contributed by atoms with van der Waals surface area (Å²) in [4.78, 5) is 41.1. The van der Waals surface area contributed by atoms with Crippen LogP contribution in [0, 0.1) is 23.7 Å². The second-order valence-electron chi connectivity index (χ2n) is 8.62. The zero-order valence-corrected chi connectivity index (χ0v) is 19.9. The largest absolute Gasteiger partial charge is 0.300 e. The zero-order valence-electron chi connectivity index (χ0n) is 17.5. The Morgan fingerprint density at radius 1 is 1.16 bits per heavy atom. The summed E-state index contributed by atoms with van der Waals surface area (Å²) in [6, 6.07) is 6.77. The molecular weight excluding hydrogens is 492 g/mol. The smallest absolute Gasteiger partial charge is 0.234 e. The number of allylic oxidation sites excluding steroid dienone is 2. The van der Waals surface area contributed by atoms with Gasteiger partial charge in [0.2, 0.25) is 22.9 Å². The number of anilines is 1. The van der Waals surface area contributed by atoms with Crippen molar-refractivity contribution in [1.29, 1.82) is 0 Å². The minimum absolute atomic E-state index is 0.0238. The van der Waals surface area contributed by atoms with Crippen molar-refractivity contribution in [2.45, 2.75) is 38.6 Å². The highest BCUT2D eigenvalue weighted by atomic mass is 79.9. The molecule has 0 radical (unpaired) electrons. The van der Waals surface area contributed by atoms with E-state index in [0.29, 0.717) is 5.13 Å². The Morgan fingerprint density at radius 3 is 2.44 bits per heavy atom. The van der Waals surface area contributed by atoms with Gasteiger partial charge in [0, 0.05) is 10.9 Å². The molecule has 1 N–H and O–H groups in total. The van der Waals surface area contributed by atoms with Crippen LogP contribution in [0.3, 0.4) is 0 Å². The third-order valence-corrected chi connectivity index (χ3v) is 8.05. The highest BCUT2D eigenvalue weighted by Crippen LogP contribution is 2.54. The van der Waals surface area contributed by atoms with Gasteiger partial charge in [-0.05, 0) is 42.4 Å². The number of hydrogen-bond acceptors (Lipinski definition) is 6. The number of imide groups is 1. The van der Waals surface area contributed by atoms with Crippen molar-refractivity contribution in [2.24, 2.45) is 23.7 Å². The summed E-state index contributed by atoms with van der Waals surface area (Å²) in [5.41, 5.74) is 0.759. The minimum atomic E-state index is -0.656. The van der Waals surface area contributed by atoms with Crippen LogP contribution in [0.5, 0.6) is 0 Å². The van der Waals surface area contributed by atoms with E-state index in [4.69, 9.17) is 0 Å². The van der Waals surface area contributed by atoms with Gasteiger partial charge in [-0.1, -0.05) is 58.5 Å². The molecule has 7 nitrogen and oxygen atoms in total. The fourth-order valence-corrected chi connectivity index (χ4v) is 6.36. The molecular formula is C23H23BrN4O3S. The van der Waals surface area contributed by atoms with Crippen molar-refractivity contribution >= 4 is 50.1 Å². The van der Waals surface area contributed by atoms with Crippen molar-refractivity contribution in [1.82, 2.24) is 15.1 Å². The van der Waals surface area contributed by atoms with Gasteiger partial charge in [-0.25, -0.2) is 0 Å². The zero-order chi connectivity index (χ0) is 22.4. The van der Waals surface area contributed by atoms with Gasteiger partial charge in [0.15, 0.2) is 0 Å². The Bertz CT molecular complexity index is 1070. The third-order valence-electron chi connectivity index (χ3n) is 6.63. The number of halogens is 1. The van der Waals surface area contributed by atoms with Crippen LogP contribution in [0.2, 0.25) is 0 Å². The number of aromatic nitrogens is 2. The lowest BCUT2D eigenvalue weighted by molar-refractivity contribution is -0.144. The van der Waals surface area contributed by atoms with Gasteiger partial charge >= 0.3 is 0 Å². The molecule has 2 aromatic rings. The van der Waals surface area contributed by atoms with E-state index in [0.717, 1.165) is 34.3 Å². The van der Waals surface area contributed by atoms with Crippen LogP contribution in [-0.2, 0) is 20.8 Å². The number of rotatable bonds is 7. The summed E-state index contributed by atoms with van der Waals surface area (Å²) in [7, 11) is 0. The van der Waals surface area contributed by atoms with Crippen molar-refractivity contribution in [3.05, 3.63) is 51.5 Å². The summed E-state index contributed by atoms with van der Waals surface area (Å²) in [6.45, 7) is 2.06. The SMILES string of the molecule is CCCc1nnc(NC(=O)CC(c2ccc(Br)cc2)N2C(=O)C3C4C=CC(C4)C3C2=O)s1. The van der Waals surface area contributed by atoms with Crippen LogP contribution in [0.1, 0.15) is 42.8 Å². The summed E-state index contributed by atoms with van der Waals surface area (Å²) in [5, 5.41) is 12.2. The lowest BCUT2D eigenvalue weighted by Gasteiger charge is -2.28. The fraction of sp³-hybridized carbons (Fsp3) is 0.435. The number of aryl methyl sites for hydroxylation is 1. The third kappa shape index (κ3) is 3.71. The molecule has 2 fully saturated rings. The molecule has 1 saturated heterocycles. The van der Waals surface area contributed by atoms with E-state index in [9.17, 15) is 14.4 Å². The summed E-state index contributed by atoms with van der Waals surface area (Å²) >= 11 is 4.78. The molecule has 32 heavy (non-hydrogen) atoms. The highest BCUT2D eigenvalue weighted by Gasteiger charge is 2.60. The maximum Gasteiger partial charge on any atom is 0.234 e. The normalized spacial score (nSPS) is 26.6.